The van der Waals surface area contributed by atoms with Gasteiger partial charge in [0.05, 0.1) is 5.56 Å². The fraction of sp³-hybridized carbons (Fsp3) is 0.263. The van der Waals surface area contributed by atoms with Gasteiger partial charge in [0.2, 0.25) is 0 Å². The van der Waals surface area contributed by atoms with Gasteiger partial charge in [-0.15, -0.1) is 0 Å². The van der Waals surface area contributed by atoms with Gasteiger partial charge in [0.1, 0.15) is 17.4 Å². The SMILES string of the molecule is O=C(Nc1cccc(OCC(=O)N2CCCC2)c1)c1cc(F)ccc1F. The second-order valence-corrected chi connectivity index (χ2v) is 5.98. The van der Waals surface area contributed by atoms with Crippen molar-refractivity contribution in [2.45, 2.75) is 12.8 Å². The van der Waals surface area contributed by atoms with Crippen molar-refractivity contribution in [1.82, 2.24) is 4.90 Å². The molecule has 26 heavy (non-hydrogen) atoms. The van der Waals surface area contributed by atoms with Gasteiger partial charge >= 0.3 is 0 Å². The zero-order valence-corrected chi connectivity index (χ0v) is 14.0. The number of nitrogens with one attached hydrogen (secondary N) is 1. The van der Waals surface area contributed by atoms with Gasteiger partial charge < -0.3 is 15.0 Å². The minimum Gasteiger partial charge on any atom is -0.484 e. The van der Waals surface area contributed by atoms with Crippen molar-refractivity contribution < 1.29 is 23.1 Å². The third kappa shape index (κ3) is 4.36. The number of nitrogens with zero attached hydrogens (tertiary/aromatic N) is 1. The summed E-state index contributed by atoms with van der Waals surface area (Å²) in [5, 5.41) is 2.49. The molecule has 1 aliphatic rings. The number of carbonyl (C=O) groups is 2. The fourth-order valence-corrected chi connectivity index (χ4v) is 2.74. The van der Waals surface area contributed by atoms with Gasteiger partial charge in [-0.1, -0.05) is 6.07 Å². The number of halogens is 2. The first-order chi connectivity index (χ1) is 12.5. The Balaban J connectivity index is 1.62. The molecule has 0 atom stereocenters. The Hall–Kier alpha value is -2.96. The number of amides is 2. The van der Waals surface area contributed by atoms with Crippen molar-refractivity contribution in [3.63, 3.8) is 0 Å². The van der Waals surface area contributed by atoms with Crippen molar-refractivity contribution in [3.8, 4) is 5.75 Å². The van der Waals surface area contributed by atoms with Crippen LogP contribution in [0.2, 0.25) is 0 Å². The third-order valence-electron chi connectivity index (χ3n) is 4.09. The summed E-state index contributed by atoms with van der Waals surface area (Å²) in [5.41, 5.74) is -0.0367. The number of hydrogen-bond donors (Lipinski definition) is 1. The van der Waals surface area contributed by atoms with Crippen LogP contribution in [0.5, 0.6) is 5.75 Å². The minimum atomic E-state index is -0.812. The molecular formula is C19H18F2N2O3. The van der Waals surface area contributed by atoms with Crippen LogP contribution in [-0.2, 0) is 4.79 Å². The van der Waals surface area contributed by atoms with E-state index in [-0.39, 0.29) is 18.1 Å². The van der Waals surface area contributed by atoms with Crippen molar-refractivity contribution in [1.29, 1.82) is 0 Å². The number of carbonyl (C=O) groups excluding carboxylic acids is 2. The highest BCUT2D eigenvalue weighted by Gasteiger charge is 2.18. The summed E-state index contributed by atoms with van der Waals surface area (Å²) in [6.07, 6.45) is 2.01. The molecule has 7 heteroatoms. The number of ether oxygens (including phenoxy) is 1. The summed E-state index contributed by atoms with van der Waals surface area (Å²) >= 11 is 0. The molecule has 0 saturated carbocycles. The molecule has 0 radical (unpaired) electrons. The van der Waals surface area contributed by atoms with Gasteiger partial charge in [-0.3, -0.25) is 9.59 Å². The van der Waals surface area contributed by atoms with E-state index in [1.807, 2.05) is 0 Å². The smallest absolute Gasteiger partial charge is 0.260 e. The number of benzene rings is 2. The van der Waals surface area contributed by atoms with Gasteiger partial charge in [0, 0.05) is 24.8 Å². The van der Waals surface area contributed by atoms with E-state index in [1.54, 1.807) is 23.1 Å². The first-order valence-electron chi connectivity index (χ1n) is 8.30. The Morgan fingerprint density at radius 1 is 1.08 bits per heavy atom. The molecule has 0 bridgehead atoms. The number of anilines is 1. The summed E-state index contributed by atoms with van der Waals surface area (Å²) in [6.45, 7) is 1.41. The minimum absolute atomic E-state index is 0.0845. The van der Waals surface area contributed by atoms with Crippen LogP contribution >= 0.6 is 0 Å². The molecule has 1 aliphatic heterocycles. The van der Waals surface area contributed by atoms with E-state index in [9.17, 15) is 18.4 Å². The summed E-state index contributed by atoms with van der Waals surface area (Å²) in [6, 6.07) is 9.06. The van der Waals surface area contributed by atoms with E-state index >= 15 is 0 Å². The monoisotopic (exact) mass is 360 g/mol. The predicted molar refractivity (Wildman–Crippen MR) is 92.1 cm³/mol. The van der Waals surface area contributed by atoms with Crippen LogP contribution in [-0.4, -0.2) is 36.4 Å². The first kappa shape index (κ1) is 17.8. The maximum Gasteiger partial charge on any atom is 0.260 e. The highest BCUT2D eigenvalue weighted by atomic mass is 19.1. The molecule has 1 heterocycles. The van der Waals surface area contributed by atoms with Crippen LogP contribution in [0.15, 0.2) is 42.5 Å². The largest absolute Gasteiger partial charge is 0.484 e. The quantitative estimate of drug-likeness (QED) is 0.891. The Kier molecular flexibility index (Phi) is 5.46. The molecule has 0 unspecified atom stereocenters. The lowest BCUT2D eigenvalue weighted by molar-refractivity contribution is -0.132. The Morgan fingerprint density at radius 2 is 1.85 bits per heavy atom. The van der Waals surface area contributed by atoms with Gasteiger partial charge in [-0.05, 0) is 43.2 Å². The van der Waals surface area contributed by atoms with Crippen molar-refractivity contribution in [3.05, 3.63) is 59.7 Å². The molecule has 1 saturated heterocycles. The maximum atomic E-state index is 13.7. The third-order valence-corrected chi connectivity index (χ3v) is 4.09. The Labute approximate surface area is 149 Å². The average Bonchev–Trinajstić information content (AvgIpc) is 3.17. The van der Waals surface area contributed by atoms with Crippen LogP contribution in [0.4, 0.5) is 14.5 Å². The maximum absolute atomic E-state index is 13.7. The number of rotatable bonds is 5. The average molecular weight is 360 g/mol. The van der Waals surface area contributed by atoms with Crippen molar-refractivity contribution >= 4 is 17.5 Å². The molecule has 1 N–H and O–H groups in total. The molecule has 2 aromatic rings. The topological polar surface area (TPSA) is 58.6 Å². The molecule has 0 spiro atoms. The standard InChI is InChI=1S/C19H18F2N2O3/c20-13-6-7-17(21)16(10-13)19(25)22-14-4-3-5-15(11-14)26-12-18(24)23-8-1-2-9-23/h3-7,10-11H,1-2,8-9,12H2,(H,22,25). The Morgan fingerprint density at radius 3 is 2.62 bits per heavy atom. The number of hydrogen-bond acceptors (Lipinski definition) is 3. The van der Waals surface area contributed by atoms with Gasteiger partial charge in [0.25, 0.3) is 11.8 Å². The molecule has 2 aromatic carbocycles. The molecule has 5 nitrogen and oxygen atoms in total. The lowest BCUT2D eigenvalue weighted by Crippen LogP contribution is -2.32. The van der Waals surface area contributed by atoms with Crippen molar-refractivity contribution in [2.75, 3.05) is 25.0 Å². The fourth-order valence-electron chi connectivity index (χ4n) is 2.74. The van der Waals surface area contributed by atoms with Crippen molar-refractivity contribution in [2.24, 2.45) is 0 Å². The Bertz CT molecular complexity index is 820. The second kappa shape index (κ2) is 7.95. The van der Waals surface area contributed by atoms with Crippen LogP contribution in [0, 0.1) is 11.6 Å². The molecule has 1 fully saturated rings. The molecule has 136 valence electrons. The van der Waals surface area contributed by atoms with E-state index in [2.05, 4.69) is 5.32 Å². The summed E-state index contributed by atoms with van der Waals surface area (Å²) in [4.78, 5) is 25.9. The van der Waals surface area contributed by atoms with Crippen LogP contribution in [0.25, 0.3) is 0 Å². The van der Waals surface area contributed by atoms with E-state index < -0.39 is 17.5 Å². The van der Waals surface area contributed by atoms with E-state index in [1.165, 1.54) is 6.07 Å². The summed E-state index contributed by atoms with van der Waals surface area (Å²) in [7, 11) is 0. The van der Waals surface area contributed by atoms with E-state index in [0.717, 1.165) is 44.1 Å². The van der Waals surface area contributed by atoms with Crippen LogP contribution < -0.4 is 10.1 Å². The van der Waals surface area contributed by atoms with Crippen LogP contribution in [0.3, 0.4) is 0 Å². The zero-order valence-electron chi connectivity index (χ0n) is 14.0. The normalized spacial score (nSPS) is 13.5. The summed E-state index contributed by atoms with van der Waals surface area (Å²) in [5.74, 6) is -1.97. The highest BCUT2D eigenvalue weighted by molar-refractivity contribution is 6.04. The van der Waals surface area contributed by atoms with E-state index in [0.29, 0.717) is 11.4 Å². The van der Waals surface area contributed by atoms with Gasteiger partial charge in [0.15, 0.2) is 6.61 Å². The molecule has 3 rings (SSSR count). The van der Waals surface area contributed by atoms with Gasteiger partial charge in [-0.2, -0.15) is 0 Å². The highest BCUT2D eigenvalue weighted by Crippen LogP contribution is 2.19. The van der Waals surface area contributed by atoms with E-state index in [4.69, 9.17) is 4.74 Å². The lowest BCUT2D eigenvalue weighted by atomic mass is 10.2. The molecule has 0 aromatic heterocycles. The van der Waals surface area contributed by atoms with Crippen LogP contribution in [0.1, 0.15) is 23.2 Å². The zero-order chi connectivity index (χ0) is 18.5. The first-order valence-corrected chi connectivity index (χ1v) is 8.30. The molecule has 2 amide bonds. The second-order valence-electron chi connectivity index (χ2n) is 5.98. The lowest BCUT2D eigenvalue weighted by Gasteiger charge is -2.15. The number of likely N-dealkylation sites (tertiary alicyclic amines) is 1. The van der Waals surface area contributed by atoms with Gasteiger partial charge in [-0.25, -0.2) is 8.78 Å². The molecule has 0 aliphatic carbocycles. The molecular weight excluding hydrogens is 342 g/mol. The summed E-state index contributed by atoms with van der Waals surface area (Å²) < 4.78 is 32.4. The predicted octanol–water partition coefficient (Wildman–Crippen LogP) is 3.22.